The first-order valence-corrected chi connectivity index (χ1v) is 6.09. The molecule has 2 rings (SSSR count). The molecule has 0 saturated carbocycles. The maximum Gasteiger partial charge on any atom is 0.0537 e. The van der Waals surface area contributed by atoms with Gasteiger partial charge >= 0.3 is 0 Å². The maximum atomic E-state index is 4.29. The summed E-state index contributed by atoms with van der Waals surface area (Å²) >= 11 is 0. The van der Waals surface area contributed by atoms with Crippen LogP contribution in [0.1, 0.15) is 31.0 Å². The smallest absolute Gasteiger partial charge is 0.0537 e. The van der Waals surface area contributed by atoms with Crippen LogP contribution in [0.4, 0.5) is 0 Å². The van der Waals surface area contributed by atoms with Crippen molar-refractivity contribution in [3.8, 4) is 0 Å². The molecule has 0 aliphatic heterocycles. The van der Waals surface area contributed by atoms with Gasteiger partial charge in [-0.1, -0.05) is 30.3 Å². The van der Waals surface area contributed by atoms with Gasteiger partial charge in [-0.3, -0.25) is 4.68 Å². The quantitative estimate of drug-likeness (QED) is 0.854. The highest BCUT2D eigenvalue weighted by molar-refractivity contribution is 5.15. The Kier molecular flexibility index (Phi) is 3.94. The summed E-state index contributed by atoms with van der Waals surface area (Å²) in [4.78, 5) is 0. The van der Waals surface area contributed by atoms with Crippen LogP contribution in [-0.2, 0) is 13.1 Å². The number of aromatic nitrogens is 2. The van der Waals surface area contributed by atoms with E-state index in [1.165, 1.54) is 11.1 Å². The lowest BCUT2D eigenvalue weighted by Gasteiger charge is -2.11. The van der Waals surface area contributed by atoms with E-state index >= 15 is 0 Å². The summed E-state index contributed by atoms with van der Waals surface area (Å²) in [5.41, 5.74) is 2.55. The molecule has 90 valence electrons. The summed E-state index contributed by atoms with van der Waals surface area (Å²) in [6.45, 7) is 6.07. The van der Waals surface area contributed by atoms with Gasteiger partial charge < -0.3 is 5.32 Å². The van der Waals surface area contributed by atoms with Crippen LogP contribution in [0.3, 0.4) is 0 Å². The normalized spacial score (nSPS) is 12.6. The number of benzene rings is 1. The lowest BCUT2D eigenvalue weighted by atomic mass is 10.1. The van der Waals surface area contributed by atoms with Crippen LogP contribution in [0, 0.1) is 0 Å². The molecule has 2 aromatic rings. The molecule has 0 saturated heterocycles. The van der Waals surface area contributed by atoms with E-state index in [2.05, 4.69) is 54.7 Å². The van der Waals surface area contributed by atoms with E-state index in [-0.39, 0.29) is 0 Å². The minimum Gasteiger partial charge on any atom is -0.306 e. The number of hydrogen-bond acceptors (Lipinski definition) is 2. The zero-order valence-corrected chi connectivity index (χ0v) is 10.4. The van der Waals surface area contributed by atoms with Gasteiger partial charge in [0.2, 0.25) is 0 Å². The van der Waals surface area contributed by atoms with Crippen molar-refractivity contribution in [2.75, 3.05) is 0 Å². The highest BCUT2D eigenvalue weighted by Gasteiger charge is 2.06. The molecule has 0 spiro atoms. The van der Waals surface area contributed by atoms with Crippen LogP contribution in [0.2, 0.25) is 0 Å². The zero-order valence-electron chi connectivity index (χ0n) is 10.4. The second kappa shape index (κ2) is 5.64. The van der Waals surface area contributed by atoms with Gasteiger partial charge in [0.25, 0.3) is 0 Å². The van der Waals surface area contributed by atoms with Crippen molar-refractivity contribution < 1.29 is 0 Å². The Hall–Kier alpha value is -1.61. The molecule has 1 aromatic heterocycles. The molecule has 0 radical (unpaired) electrons. The first-order valence-electron chi connectivity index (χ1n) is 6.09. The molecule has 0 aliphatic carbocycles. The van der Waals surface area contributed by atoms with Crippen molar-refractivity contribution in [2.45, 2.75) is 33.0 Å². The van der Waals surface area contributed by atoms with Crippen LogP contribution < -0.4 is 5.32 Å². The van der Waals surface area contributed by atoms with E-state index in [1.54, 1.807) is 0 Å². The van der Waals surface area contributed by atoms with E-state index in [4.69, 9.17) is 0 Å². The van der Waals surface area contributed by atoms with Crippen molar-refractivity contribution >= 4 is 0 Å². The molecule has 1 unspecified atom stereocenters. The highest BCUT2D eigenvalue weighted by Crippen LogP contribution is 2.11. The van der Waals surface area contributed by atoms with E-state index in [0.29, 0.717) is 6.04 Å². The molecule has 1 heterocycles. The fraction of sp³-hybridized carbons (Fsp3) is 0.357. The molecule has 17 heavy (non-hydrogen) atoms. The van der Waals surface area contributed by atoms with Crippen molar-refractivity contribution in [3.05, 3.63) is 53.9 Å². The van der Waals surface area contributed by atoms with Gasteiger partial charge in [-0.05, 0) is 19.4 Å². The van der Waals surface area contributed by atoms with Gasteiger partial charge in [0.05, 0.1) is 6.20 Å². The molecule has 0 amide bonds. The Morgan fingerprint density at radius 2 is 2.06 bits per heavy atom. The molecule has 3 nitrogen and oxygen atoms in total. The summed E-state index contributed by atoms with van der Waals surface area (Å²) in [7, 11) is 0. The van der Waals surface area contributed by atoms with Crippen molar-refractivity contribution in [1.29, 1.82) is 0 Å². The summed E-state index contributed by atoms with van der Waals surface area (Å²) in [5, 5.41) is 7.79. The fourth-order valence-electron chi connectivity index (χ4n) is 1.76. The third-order valence-corrected chi connectivity index (χ3v) is 2.93. The van der Waals surface area contributed by atoms with E-state index < -0.39 is 0 Å². The molecule has 0 fully saturated rings. The van der Waals surface area contributed by atoms with Gasteiger partial charge in [-0.15, -0.1) is 0 Å². The highest BCUT2D eigenvalue weighted by atomic mass is 15.3. The monoisotopic (exact) mass is 229 g/mol. The van der Waals surface area contributed by atoms with Gasteiger partial charge in [0, 0.05) is 30.9 Å². The third kappa shape index (κ3) is 3.17. The Morgan fingerprint density at radius 1 is 1.29 bits per heavy atom. The first kappa shape index (κ1) is 11.9. The summed E-state index contributed by atoms with van der Waals surface area (Å²) in [5.74, 6) is 0. The molecule has 1 atom stereocenters. The fourth-order valence-corrected chi connectivity index (χ4v) is 1.76. The lowest BCUT2D eigenvalue weighted by molar-refractivity contribution is 0.573. The number of hydrogen-bond donors (Lipinski definition) is 1. The van der Waals surface area contributed by atoms with Crippen LogP contribution in [0.5, 0.6) is 0 Å². The molecule has 0 aliphatic rings. The van der Waals surface area contributed by atoms with E-state index in [1.807, 2.05) is 16.9 Å². The standard InChI is InChI=1S/C14H19N3/c1-3-17-11-14(10-16-17)12(2)15-9-13-7-5-4-6-8-13/h4-8,10-12,15H,3,9H2,1-2H3. The Morgan fingerprint density at radius 3 is 2.71 bits per heavy atom. The predicted octanol–water partition coefficient (Wildman–Crippen LogP) is 2.75. The zero-order chi connectivity index (χ0) is 12.1. The topological polar surface area (TPSA) is 29.9 Å². The van der Waals surface area contributed by atoms with Crippen molar-refractivity contribution in [3.63, 3.8) is 0 Å². The van der Waals surface area contributed by atoms with Crippen LogP contribution >= 0.6 is 0 Å². The van der Waals surface area contributed by atoms with Gasteiger partial charge in [0.15, 0.2) is 0 Å². The Bertz CT molecular complexity index is 448. The van der Waals surface area contributed by atoms with Gasteiger partial charge in [-0.2, -0.15) is 5.10 Å². The third-order valence-electron chi connectivity index (χ3n) is 2.93. The van der Waals surface area contributed by atoms with Gasteiger partial charge in [0.1, 0.15) is 0 Å². The number of nitrogens with zero attached hydrogens (tertiary/aromatic N) is 2. The Balaban J connectivity index is 1.91. The second-order valence-corrected chi connectivity index (χ2v) is 4.22. The van der Waals surface area contributed by atoms with Crippen LogP contribution in [-0.4, -0.2) is 9.78 Å². The SMILES string of the molecule is CCn1cc(C(C)NCc2ccccc2)cn1. The van der Waals surface area contributed by atoms with Gasteiger partial charge in [-0.25, -0.2) is 0 Å². The average Bonchev–Trinajstić information content (AvgIpc) is 2.86. The molecular weight excluding hydrogens is 210 g/mol. The predicted molar refractivity (Wildman–Crippen MR) is 69.6 cm³/mol. The average molecular weight is 229 g/mol. The second-order valence-electron chi connectivity index (χ2n) is 4.22. The number of nitrogens with one attached hydrogen (secondary N) is 1. The number of aryl methyl sites for hydroxylation is 1. The molecule has 3 heteroatoms. The molecule has 1 N–H and O–H groups in total. The van der Waals surface area contributed by atoms with Crippen molar-refractivity contribution in [1.82, 2.24) is 15.1 Å². The number of rotatable bonds is 5. The first-order chi connectivity index (χ1) is 8.29. The minimum atomic E-state index is 0.329. The Labute approximate surface area is 102 Å². The van der Waals surface area contributed by atoms with Crippen molar-refractivity contribution in [2.24, 2.45) is 0 Å². The summed E-state index contributed by atoms with van der Waals surface area (Å²) in [6, 6.07) is 10.8. The largest absolute Gasteiger partial charge is 0.306 e. The van der Waals surface area contributed by atoms with E-state index in [9.17, 15) is 0 Å². The maximum absolute atomic E-state index is 4.29. The molecule has 1 aromatic carbocycles. The minimum absolute atomic E-state index is 0.329. The van der Waals surface area contributed by atoms with Crippen LogP contribution in [0.25, 0.3) is 0 Å². The molecular formula is C14H19N3. The lowest BCUT2D eigenvalue weighted by Crippen LogP contribution is -2.17. The van der Waals surface area contributed by atoms with Crippen LogP contribution in [0.15, 0.2) is 42.7 Å². The molecule has 0 bridgehead atoms. The van der Waals surface area contributed by atoms with E-state index in [0.717, 1.165) is 13.1 Å². The summed E-state index contributed by atoms with van der Waals surface area (Å²) < 4.78 is 1.95. The summed E-state index contributed by atoms with van der Waals surface area (Å²) in [6.07, 6.45) is 4.04.